The fourth-order valence-corrected chi connectivity index (χ4v) is 7.95. The molecule has 0 fully saturated rings. The van der Waals surface area contributed by atoms with Gasteiger partial charge in [-0.05, 0) is 77.2 Å². The first kappa shape index (κ1) is 34.6. The molecule has 13 heteroatoms. The summed E-state index contributed by atoms with van der Waals surface area (Å²) >= 11 is 4.09. The normalized spacial score (nSPS) is 13.2. The Kier molecular flexibility index (Phi) is 11.5. The Morgan fingerprint density at radius 3 is 2.52 bits per heavy atom. The van der Waals surface area contributed by atoms with Crippen molar-refractivity contribution in [1.29, 1.82) is 0 Å². The summed E-state index contributed by atoms with van der Waals surface area (Å²) in [4.78, 5) is 67.9. The molecule has 0 saturated heterocycles. The Morgan fingerprint density at radius 2 is 1.83 bits per heavy atom. The predicted molar refractivity (Wildman–Crippen MR) is 190 cm³/mol. The van der Waals surface area contributed by atoms with Crippen molar-refractivity contribution in [2.24, 2.45) is 0 Å². The minimum Gasteiger partial charge on any atom is -0.465 e. The summed E-state index contributed by atoms with van der Waals surface area (Å²) in [5.74, 6) is -1.78. The third kappa shape index (κ3) is 8.40. The third-order valence-corrected chi connectivity index (χ3v) is 10.7. The van der Waals surface area contributed by atoms with Crippen LogP contribution in [0, 0.1) is 0 Å². The molecule has 0 saturated carbocycles. The van der Waals surface area contributed by atoms with E-state index in [4.69, 9.17) is 4.74 Å². The molecule has 1 aliphatic heterocycles. The molecule has 0 aliphatic carbocycles. The van der Waals surface area contributed by atoms with E-state index in [0.29, 0.717) is 47.7 Å². The van der Waals surface area contributed by atoms with E-state index in [0.717, 1.165) is 20.9 Å². The van der Waals surface area contributed by atoms with Crippen molar-refractivity contribution in [2.75, 3.05) is 24.3 Å². The highest BCUT2D eigenvalue weighted by molar-refractivity contribution is 8.00. The summed E-state index contributed by atoms with van der Waals surface area (Å²) in [7, 11) is 1.30. The van der Waals surface area contributed by atoms with Crippen LogP contribution >= 0.6 is 34.4 Å². The molecule has 48 heavy (non-hydrogen) atoms. The summed E-state index contributed by atoms with van der Waals surface area (Å²) in [6, 6.07) is 17.6. The van der Waals surface area contributed by atoms with Gasteiger partial charge in [-0.2, -0.15) is 11.3 Å². The van der Waals surface area contributed by atoms with Crippen LogP contribution in [0.1, 0.15) is 57.0 Å². The number of hydrogen-bond acceptors (Lipinski definition) is 9. The van der Waals surface area contributed by atoms with Crippen LogP contribution in [0.3, 0.4) is 0 Å². The molecule has 0 spiro atoms. The lowest BCUT2D eigenvalue weighted by atomic mass is 10.0. The first-order valence-electron chi connectivity index (χ1n) is 15.1. The minimum absolute atomic E-state index is 0.0493. The van der Waals surface area contributed by atoms with Gasteiger partial charge in [0.25, 0.3) is 11.8 Å². The van der Waals surface area contributed by atoms with Crippen LogP contribution in [0.5, 0.6) is 0 Å². The van der Waals surface area contributed by atoms with Crippen molar-refractivity contribution < 1.29 is 28.7 Å². The standard InChI is InChI=1S/C35H34N4O6S3/c1-4-28(33(43)38-34-30(35(44)45-3)26-13-15-39(21(2)40)19-29(26)48-34)47-25-12-8-11-24(18-25)36-32(42)27(17-22-14-16-46-20-22)37-31(41)23-9-6-5-7-10-23/h5-12,14,16-18,20,28H,4,13,15,19H2,1-3H3,(H,36,42)(H,37,41)(H,38,43)/b27-17-. The van der Waals surface area contributed by atoms with Crippen molar-refractivity contribution in [3.63, 3.8) is 0 Å². The Hall–Kier alpha value is -4.72. The number of esters is 1. The highest BCUT2D eigenvalue weighted by Gasteiger charge is 2.31. The molecular formula is C35H34N4O6S3. The number of benzene rings is 2. The number of thioether (sulfide) groups is 1. The molecule has 5 rings (SSSR count). The molecule has 248 valence electrons. The van der Waals surface area contributed by atoms with Gasteiger partial charge in [0, 0.05) is 34.5 Å². The van der Waals surface area contributed by atoms with E-state index >= 15 is 0 Å². The van der Waals surface area contributed by atoms with Gasteiger partial charge in [-0.15, -0.1) is 23.1 Å². The van der Waals surface area contributed by atoms with Gasteiger partial charge in [-0.1, -0.05) is 31.2 Å². The average Bonchev–Trinajstić information content (AvgIpc) is 3.74. The van der Waals surface area contributed by atoms with Gasteiger partial charge in [-0.25, -0.2) is 4.79 Å². The van der Waals surface area contributed by atoms with Gasteiger partial charge < -0.3 is 25.6 Å². The van der Waals surface area contributed by atoms with E-state index < -0.39 is 23.0 Å². The number of fused-ring (bicyclic) bond motifs is 1. The van der Waals surface area contributed by atoms with Gasteiger partial charge in [0.2, 0.25) is 11.8 Å². The van der Waals surface area contributed by atoms with Crippen molar-refractivity contribution >= 4 is 80.8 Å². The molecule has 1 unspecified atom stereocenters. The first-order chi connectivity index (χ1) is 23.2. The van der Waals surface area contributed by atoms with Crippen LogP contribution in [0.15, 0.2) is 82.0 Å². The van der Waals surface area contributed by atoms with Gasteiger partial charge >= 0.3 is 5.97 Å². The van der Waals surface area contributed by atoms with Crippen molar-refractivity contribution in [2.45, 2.75) is 43.4 Å². The molecule has 10 nitrogen and oxygen atoms in total. The maximum Gasteiger partial charge on any atom is 0.341 e. The second kappa shape index (κ2) is 15.9. The van der Waals surface area contributed by atoms with E-state index in [9.17, 15) is 24.0 Å². The number of carbonyl (C=O) groups excluding carboxylic acids is 5. The second-order valence-electron chi connectivity index (χ2n) is 10.8. The van der Waals surface area contributed by atoms with Gasteiger partial charge in [-0.3, -0.25) is 19.2 Å². The van der Waals surface area contributed by atoms with E-state index in [1.54, 1.807) is 53.4 Å². The molecule has 4 aromatic rings. The van der Waals surface area contributed by atoms with Crippen LogP contribution in [-0.4, -0.2) is 53.4 Å². The highest BCUT2D eigenvalue weighted by Crippen LogP contribution is 2.38. The number of nitrogens with zero attached hydrogens (tertiary/aromatic N) is 1. The molecule has 4 amide bonds. The van der Waals surface area contributed by atoms with Crippen LogP contribution in [0.25, 0.3) is 6.08 Å². The Morgan fingerprint density at radius 1 is 1.04 bits per heavy atom. The number of methoxy groups -OCH3 is 1. The summed E-state index contributed by atoms with van der Waals surface area (Å²) in [6.45, 7) is 4.27. The predicted octanol–water partition coefficient (Wildman–Crippen LogP) is 6.42. The second-order valence-corrected chi connectivity index (χ2v) is 14.0. The van der Waals surface area contributed by atoms with Gasteiger partial charge in [0.05, 0.1) is 24.5 Å². The Labute approximate surface area is 290 Å². The van der Waals surface area contributed by atoms with Crippen molar-refractivity contribution in [3.8, 4) is 0 Å². The number of ether oxygens (including phenoxy) is 1. The molecule has 3 N–H and O–H groups in total. The summed E-state index contributed by atoms with van der Waals surface area (Å²) < 4.78 is 5.04. The van der Waals surface area contributed by atoms with Crippen LogP contribution in [0.2, 0.25) is 0 Å². The SMILES string of the molecule is CCC(Sc1cccc(NC(=O)/C(=C/c2ccsc2)NC(=O)c2ccccc2)c1)C(=O)Nc1sc2c(c1C(=O)OC)CCN(C(C)=O)C2. The lowest BCUT2D eigenvalue weighted by molar-refractivity contribution is -0.129. The first-order valence-corrected chi connectivity index (χ1v) is 17.8. The number of amides is 4. The largest absolute Gasteiger partial charge is 0.465 e. The molecule has 1 aliphatic rings. The number of thiophene rings is 2. The molecular weight excluding hydrogens is 669 g/mol. The lowest BCUT2D eigenvalue weighted by Gasteiger charge is -2.25. The third-order valence-electron chi connectivity index (χ3n) is 7.54. The molecule has 2 aromatic carbocycles. The summed E-state index contributed by atoms with van der Waals surface area (Å²) in [5.41, 5.74) is 2.90. The van der Waals surface area contributed by atoms with Crippen LogP contribution in [-0.2, 0) is 32.1 Å². The number of carbonyl (C=O) groups is 5. The zero-order valence-corrected chi connectivity index (χ0v) is 29.0. The van der Waals surface area contributed by atoms with E-state index in [1.807, 2.05) is 35.9 Å². The number of rotatable bonds is 11. The zero-order valence-electron chi connectivity index (χ0n) is 26.5. The van der Waals surface area contributed by atoms with Crippen LogP contribution < -0.4 is 16.0 Å². The Bertz CT molecular complexity index is 1850. The lowest BCUT2D eigenvalue weighted by Crippen LogP contribution is -2.34. The summed E-state index contributed by atoms with van der Waals surface area (Å²) in [6.07, 6.45) is 2.60. The monoisotopic (exact) mass is 702 g/mol. The molecule has 0 bridgehead atoms. The Balaban J connectivity index is 1.30. The maximum atomic E-state index is 13.6. The fraction of sp³-hybridized carbons (Fsp3) is 0.229. The smallest absolute Gasteiger partial charge is 0.341 e. The number of hydrogen-bond donors (Lipinski definition) is 3. The maximum absolute atomic E-state index is 13.6. The number of nitrogens with one attached hydrogen (secondary N) is 3. The zero-order chi connectivity index (χ0) is 34.2. The average molecular weight is 703 g/mol. The van der Waals surface area contributed by atoms with E-state index in [-0.39, 0.29) is 17.5 Å². The van der Waals surface area contributed by atoms with E-state index in [1.165, 1.54) is 48.5 Å². The highest BCUT2D eigenvalue weighted by atomic mass is 32.2. The summed E-state index contributed by atoms with van der Waals surface area (Å²) in [5, 5.41) is 12.2. The van der Waals surface area contributed by atoms with Crippen molar-refractivity contribution in [1.82, 2.24) is 10.2 Å². The topological polar surface area (TPSA) is 134 Å². The van der Waals surface area contributed by atoms with E-state index in [2.05, 4.69) is 16.0 Å². The molecule has 1 atom stereocenters. The number of anilines is 2. The van der Waals surface area contributed by atoms with Gasteiger partial charge in [0.15, 0.2) is 0 Å². The van der Waals surface area contributed by atoms with Crippen LogP contribution in [0.4, 0.5) is 10.7 Å². The molecule has 3 heterocycles. The van der Waals surface area contributed by atoms with Crippen molar-refractivity contribution in [3.05, 3.63) is 104 Å². The minimum atomic E-state index is -0.532. The fourth-order valence-electron chi connectivity index (χ4n) is 5.07. The van der Waals surface area contributed by atoms with Gasteiger partial charge in [0.1, 0.15) is 10.7 Å². The molecule has 0 radical (unpaired) electrons. The molecule has 2 aromatic heterocycles. The quantitative estimate of drug-likeness (QED) is 0.0934.